The van der Waals surface area contributed by atoms with Crippen LogP contribution in [0.3, 0.4) is 0 Å². The molecule has 204 valence electrons. The minimum absolute atomic E-state index is 0.188. The Morgan fingerprint density at radius 1 is 1.00 bits per heavy atom. The predicted octanol–water partition coefficient (Wildman–Crippen LogP) is 7.19. The molecule has 1 aliphatic carbocycles. The van der Waals surface area contributed by atoms with E-state index in [-0.39, 0.29) is 25.3 Å². The number of hydrogen-bond acceptors (Lipinski definition) is 3. The molecule has 2 fully saturated rings. The average molecular weight is 533 g/mol. The highest BCUT2D eigenvalue weighted by Crippen LogP contribution is 2.46. The van der Waals surface area contributed by atoms with Crippen LogP contribution in [0.5, 0.6) is 0 Å². The van der Waals surface area contributed by atoms with Crippen LogP contribution >= 0.6 is 0 Å². The van der Waals surface area contributed by atoms with Crippen LogP contribution in [0.25, 0.3) is 28.2 Å². The Morgan fingerprint density at radius 2 is 1.77 bits per heavy atom. The molecule has 0 spiro atoms. The van der Waals surface area contributed by atoms with E-state index >= 15 is 0 Å². The number of carbonyl (C=O) groups excluding carboxylic acids is 2. The van der Waals surface area contributed by atoms with Crippen molar-refractivity contribution in [2.24, 2.45) is 0 Å². The molecule has 6 rings (SSSR count). The number of methoxy groups -OCH3 is 1. The van der Waals surface area contributed by atoms with Gasteiger partial charge in [0.15, 0.2) is 0 Å². The highest BCUT2D eigenvalue weighted by molar-refractivity contribution is 6.03. The highest BCUT2D eigenvalue weighted by atomic mass is 19.3. The number of nitrogens with zero attached hydrogens (tertiary/aromatic N) is 2. The first-order chi connectivity index (χ1) is 18.9. The number of aromatic nitrogens is 1. The van der Waals surface area contributed by atoms with Crippen molar-refractivity contribution in [2.75, 3.05) is 20.2 Å². The molecule has 1 saturated carbocycles. The lowest BCUT2D eigenvalue weighted by Crippen LogP contribution is -2.46. The molecule has 0 atom stereocenters. The lowest BCUT2D eigenvalue weighted by Gasteiger charge is -2.33. The number of hydrogen-bond donors (Lipinski definition) is 0. The summed E-state index contributed by atoms with van der Waals surface area (Å²) in [5.41, 5.74) is 6.06. The number of ether oxygens (including phenoxy) is 1. The molecule has 0 N–H and O–H groups in total. The van der Waals surface area contributed by atoms with E-state index in [4.69, 9.17) is 4.74 Å². The fourth-order valence-corrected chi connectivity index (χ4v) is 6.77. The van der Waals surface area contributed by atoms with E-state index in [0.717, 1.165) is 40.6 Å². The van der Waals surface area contributed by atoms with Gasteiger partial charge < -0.3 is 14.2 Å². The van der Waals surface area contributed by atoms with E-state index in [2.05, 4.69) is 10.6 Å². The van der Waals surface area contributed by atoms with Crippen LogP contribution in [0.2, 0.25) is 0 Å². The third-order valence-corrected chi connectivity index (χ3v) is 8.62. The molecule has 0 bridgehead atoms. The number of likely N-dealkylation sites (tertiary alicyclic amines) is 1. The van der Waals surface area contributed by atoms with Gasteiger partial charge in [-0.3, -0.25) is 4.79 Å². The van der Waals surface area contributed by atoms with E-state index in [1.165, 1.54) is 43.3 Å². The first kappa shape index (κ1) is 25.8. The normalized spacial score (nSPS) is 19.5. The van der Waals surface area contributed by atoms with Gasteiger partial charge in [-0.1, -0.05) is 56.0 Å². The van der Waals surface area contributed by atoms with Gasteiger partial charge in [0.05, 0.1) is 31.5 Å². The van der Waals surface area contributed by atoms with Crippen molar-refractivity contribution in [2.45, 2.75) is 69.8 Å². The molecular formula is C32H34F2N2O3. The number of halogens is 2. The molecule has 0 radical (unpaired) electrons. The molecule has 1 saturated heterocycles. The van der Waals surface area contributed by atoms with Gasteiger partial charge in [0.2, 0.25) is 0 Å². The zero-order valence-corrected chi connectivity index (χ0v) is 22.3. The molecule has 2 aliphatic heterocycles. The quantitative estimate of drug-likeness (QED) is 0.265. The van der Waals surface area contributed by atoms with Crippen molar-refractivity contribution in [1.29, 1.82) is 0 Å². The van der Waals surface area contributed by atoms with Crippen LogP contribution in [-0.4, -0.2) is 47.5 Å². The SMILES string of the molecule is COC(=O)c1ccc2c(C3CCCCCC3)c3n(c2c1)CC(C(=O)N1CCCC(F)(F)C1)=Cc1ccccc1-3. The van der Waals surface area contributed by atoms with E-state index in [9.17, 15) is 18.4 Å². The minimum Gasteiger partial charge on any atom is -0.465 e. The van der Waals surface area contributed by atoms with Crippen molar-refractivity contribution in [3.63, 3.8) is 0 Å². The van der Waals surface area contributed by atoms with Crippen LogP contribution in [-0.2, 0) is 16.1 Å². The Bertz CT molecular complexity index is 1460. The molecule has 2 aromatic carbocycles. The van der Waals surface area contributed by atoms with E-state index < -0.39 is 18.4 Å². The third kappa shape index (κ3) is 4.77. The summed E-state index contributed by atoms with van der Waals surface area (Å²) >= 11 is 0. The van der Waals surface area contributed by atoms with Crippen LogP contribution in [0.15, 0.2) is 48.0 Å². The summed E-state index contributed by atoms with van der Waals surface area (Å²) in [5.74, 6) is -3.27. The van der Waals surface area contributed by atoms with Crippen molar-refractivity contribution in [3.8, 4) is 11.3 Å². The zero-order chi connectivity index (χ0) is 27.1. The summed E-state index contributed by atoms with van der Waals surface area (Å²) in [6.45, 7) is 0.0230. The Balaban J connectivity index is 1.56. The van der Waals surface area contributed by atoms with E-state index in [1.54, 1.807) is 0 Å². The lowest BCUT2D eigenvalue weighted by molar-refractivity contribution is -0.137. The topological polar surface area (TPSA) is 51.5 Å². The van der Waals surface area contributed by atoms with Gasteiger partial charge in [-0.05, 0) is 54.5 Å². The molecular weight excluding hydrogens is 498 g/mol. The molecule has 7 heteroatoms. The zero-order valence-electron chi connectivity index (χ0n) is 22.3. The van der Waals surface area contributed by atoms with Crippen LogP contribution in [0, 0.1) is 0 Å². The number of carbonyl (C=O) groups is 2. The highest BCUT2D eigenvalue weighted by Gasteiger charge is 2.38. The lowest BCUT2D eigenvalue weighted by atomic mass is 9.87. The molecule has 39 heavy (non-hydrogen) atoms. The minimum atomic E-state index is -2.87. The monoisotopic (exact) mass is 532 g/mol. The fraction of sp³-hybridized carbons (Fsp3) is 0.438. The fourth-order valence-electron chi connectivity index (χ4n) is 6.77. The average Bonchev–Trinajstić information content (AvgIpc) is 3.11. The van der Waals surface area contributed by atoms with E-state index in [1.807, 2.05) is 42.5 Å². The smallest absolute Gasteiger partial charge is 0.337 e. The summed E-state index contributed by atoms with van der Waals surface area (Å²) in [4.78, 5) is 27.6. The Hall–Kier alpha value is -3.48. The Labute approximate surface area is 227 Å². The second-order valence-electron chi connectivity index (χ2n) is 11.2. The van der Waals surface area contributed by atoms with Crippen LogP contribution in [0.1, 0.15) is 78.8 Å². The van der Waals surface area contributed by atoms with Gasteiger partial charge in [-0.25, -0.2) is 13.6 Å². The standard InChI is InChI=1S/C32H34F2N2O3/c1-39-31(38)23-13-14-26-27(18-23)36-19-24(30(37)35-16-8-15-32(33,34)20-35)17-22-11-6-7-12-25(22)29(36)28(26)21-9-4-2-3-5-10-21/h6-7,11-14,17-18,21H,2-5,8-10,15-16,19-20H2,1H3. The molecule has 3 heterocycles. The first-order valence-corrected chi connectivity index (χ1v) is 14.1. The number of amides is 1. The summed E-state index contributed by atoms with van der Waals surface area (Å²) in [7, 11) is 1.37. The summed E-state index contributed by atoms with van der Waals surface area (Å²) < 4.78 is 35.7. The second-order valence-corrected chi connectivity index (χ2v) is 11.2. The van der Waals surface area contributed by atoms with Gasteiger partial charge in [-0.2, -0.15) is 0 Å². The predicted molar refractivity (Wildman–Crippen MR) is 148 cm³/mol. The molecule has 1 aromatic heterocycles. The number of fused-ring (bicyclic) bond motifs is 5. The number of rotatable bonds is 3. The maximum atomic E-state index is 14.3. The summed E-state index contributed by atoms with van der Waals surface area (Å²) in [6.07, 6.45) is 8.96. The van der Waals surface area contributed by atoms with Crippen LogP contribution < -0.4 is 0 Å². The third-order valence-electron chi connectivity index (χ3n) is 8.62. The van der Waals surface area contributed by atoms with Crippen molar-refractivity contribution < 1.29 is 23.1 Å². The van der Waals surface area contributed by atoms with Crippen molar-refractivity contribution in [3.05, 3.63) is 64.7 Å². The molecule has 3 aliphatic rings. The molecule has 1 amide bonds. The molecule has 5 nitrogen and oxygen atoms in total. The number of piperidine rings is 1. The largest absolute Gasteiger partial charge is 0.465 e. The maximum absolute atomic E-state index is 14.3. The van der Waals surface area contributed by atoms with Gasteiger partial charge in [-0.15, -0.1) is 0 Å². The van der Waals surface area contributed by atoms with Crippen LogP contribution in [0.4, 0.5) is 8.78 Å². The van der Waals surface area contributed by atoms with Gasteiger partial charge >= 0.3 is 5.97 Å². The van der Waals surface area contributed by atoms with Crippen molar-refractivity contribution >= 4 is 28.9 Å². The van der Waals surface area contributed by atoms with Gasteiger partial charge in [0.1, 0.15) is 0 Å². The number of esters is 1. The number of benzene rings is 2. The van der Waals surface area contributed by atoms with E-state index in [0.29, 0.717) is 23.6 Å². The second kappa shape index (κ2) is 10.2. The summed E-state index contributed by atoms with van der Waals surface area (Å²) in [6, 6.07) is 13.7. The maximum Gasteiger partial charge on any atom is 0.337 e. The summed E-state index contributed by atoms with van der Waals surface area (Å²) in [5, 5.41) is 1.08. The Kier molecular flexibility index (Phi) is 6.77. The number of alkyl halides is 2. The Morgan fingerprint density at radius 3 is 2.51 bits per heavy atom. The van der Waals surface area contributed by atoms with Gasteiger partial charge in [0.25, 0.3) is 11.8 Å². The van der Waals surface area contributed by atoms with Gasteiger partial charge in [0, 0.05) is 35.0 Å². The first-order valence-electron chi connectivity index (χ1n) is 14.1. The molecule has 3 aromatic rings. The molecule has 0 unspecified atom stereocenters. The van der Waals surface area contributed by atoms with Crippen molar-refractivity contribution in [1.82, 2.24) is 9.47 Å².